The van der Waals surface area contributed by atoms with E-state index >= 15 is 0 Å². The minimum atomic E-state index is -0.0122. The SMILES string of the molecule is CC(C)=CCCC(C)CCSC(CCC(=O)OCCCCCCBr)SCCC(C)CCC=C(C)C. The van der Waals surface area contributed by atoms with Crippen molar-refractivity contribution in [2.24, 2.45) is 11.8 Å². The van der Waals surface area contributed by atoms with Crippen LogP contribution in [0.25, 0.3) is 0 Å². The first-order valence-corrected chi connectivity index (χ1v) is 17.2. The van der Waals surface area contributed by atoms with Gasteiger partial charge in [0.1, 0.15) is 0 Å². The Bertz CT molecular complexity index is 535. The molecule has 0 saturated carbocycles. The summed E-state index contributed by atoms with van der Waals surface area (Å²) in [6.07, 6.45) is 18.2. The van der Waals surface area contributed by atoms with Gasteiger partial charge in [0.2, 0.25) is 0 Å². The van der Waals surface area contributed by atoms with Crippen LogP contribution in [-0.2, 0) is 9.53 Å². The summed E-state index contributed by atoms with van der Waals surface area (Å²) in [6.45, 7) is 14.1. The number of thioether (sulfide) groups is 2. The number of esters is 1. The Balaban J connectivity index is 4.39. The molecule has 0 bridgehead atoms. The van der Waals surface area contributed by atoms with Crippen LogP contribution < -0.4 is 0 Å². The largest absolute Gasteiger partial charge is 0.466 e. The molecule has 35 heavy (non-hydrogen) atoms. The Morgan fingerprint density at radius 1 is 0.771 bits per heavy atom. The highest BCUT2D eigenvalue weighted by molar-refractivity contribution is 9.09. The van der Waals surface area contributed by atoms with Crippen LogP contribution in [0.4, 0.5) is 0 Å². The first-order chi connectivity index (χ1) is 16.7. The maximum Gasteiger partial charge on any atom is 0.305 e. The predicted octanol–water partition coefficient (Wildman–Crippen LogP) is 10.6. The summed E-state index contributed by atoms with van der Waals surface area (Å²) in [7, 11) is 0. The third-order valence-corrected chi connectivity index (χ3v) is 9.66. The molecule has 0 spiro atoms. The molecular weight excluding hydrogens is 536 g/mol. The van der Waals surface area contributed by atoms with E-state index in [0.29, 0.717) is 17.6 Å². The second-order valence-electron chi connectivity index (χ2n) is 10.5. The lowest BCUT2D eigenvalue weighted by Crippen LogP contribution is -2.10. The molecule has 2 unspecified atom stereocenters. The zero-order chi connectivity index (χ0) is 26.3. The molecule has 0 N–H and O–H groups in total. The maximum absolute atomic E-state index is 12.3. The second kappa shape index (κ2) is 24.5. The van der Waals surface area contributed by atoms with E-state index in [2.05, 4.69) is 93.1 Å². The lowest BCUT2D eigenvalue weighted by molar-refractivity contribution is -0.143. The third kappa shape index (κ3) is 25.6. The fourth-order valence-corrected chi connectivity index (χ4v) is 7.19. The molecule has 0 amide bonds. The Morgan fingerprint density at radius 3 is 1.77 bits per heavy atom. The van der Waals surface area contributed by atoms with Crippen molar-refractivity contribution in [3.05, 3.63) is 23.3 Å². The third-order valence-electron chi connectivity index (χ3n) is 6.13. The molecule has 0 fully saturated rings. The highest BCUT2D eigenvalue weighted by Crippen LogP contribution is 2.31. The minimum Gasteiger partial charge on any atom is -0.466 e. The minimum absolute atomic E-state index is 0.0122. The number of ether oxygens (including phenoxy) is 1. The molecule has 0 aliphatic carbocycles. The van der Waals surface area contributed by atoms with Gasteiger partial charge < -0.3 is 4.74 Å². The zero-order valence-electron chi connectivity index (χ0n) is 23.7. The molecule has 206 valence electrons. The van der Waals surface area contributed by atoms with Crippen molar-refractivity contribution < 1.29 is 9.53 Å². The van der Waals surface area contributed by atoms with E-state index in [0.717, 1.165) is 36.4 Å². The number of halogens is 1. The molecule has 0 radical (unpaired) electrons. The number of allylic oxidation sites excluding steroid dienone is 4. The zero-order valence-corrected chi connectivity index (χ0v) is 26.9. The lowest BCUT2D eigenvalue weighted by Gasteiger charge is -2.19. The molecule has 0 aliphatic heterocycles. The van der Waals surface area contributed by atoms with Gasteiger partial charge in [-0.25, -0.2) is 0 Å². The van der Waals surface area contributed by atoms with Crippen LogP contribution in [0.3, 0.4) is 0 Å². The molecule has 0 saturated heterocycles. The summed E-state index contributed by atoms with van der Waals surface area (Å²) in [5.74, 6) is 3.88. The second-order valence-corrected chi connectivity index (χ2v) is 14.3. The lowest BCUT2D eigenvalue weighted by atomic mass is 10.0. The molecular formula is C30H55BrO2S2. The molecule has 0 rings (SSSR count). The van der Waals surface area contributed by atoms with Crippen LogP contribution >= 0.6 is 39.5 Å². The molecule has 2 atom stereocenters. The summed E-state index contributed by atoms with van der Waals surface area (Å²) < 4.78 is 6.00. The standard InChI is InChI=1S/C30H55BrO2S2/c1-25(2)13-11-15-27(5)19-23-34-30(35-24-20-28(6)16-12-14-26(3)4)18-17-29(32)33-22-10-8-7-9-21-31/h13-14,27-28,30H,7-12,15-24H2,1-6H3. The number of rotatable bonds is 23. The van der Waals surface area contributed by atoms with Crippen LogP contribution in [0.2, 0.25) is 0 Å². The van der Waals surface area contributed by atoms with E-state index < -0.39 is 0 Å². The first-order valence-electron chi connectivity index (χ1n) is 14.0. The summed E-state index contributed by atoms with van der Waals surface area (Å²) in [5, 5.41) is 1.06. The van der Waals surface area contributed by atoms with E-state index in [1.54, 1.807) is 0 Å². The Labute approximate surface area is 235 Å². The van der Waals surface area contributed by atoms with E-state index in [-0.39, 0.29) is 5.97 Å². The monoisotopic (exact) mass is 590 g/mol. The number of hydrogen-bond donors (Lipinski definition) is 0. The fraction of sp³-hybridized carbons (Fsp3) is 0.833. The number of alkyl halides is 1. The van der Waals surface area contributed by atoms with Gasteiger partial charge in [-0.2, -0.15) is 0 Å². The summed E-state index contributed by atoms with van der Waals surface area (Å²) >= 11 is 7.60. The normalized spacial score (nSPS) is 13.7. The number of carbonyl (C=O) groups excluding carboxylic acids is 1. The topological polar surface area (TPSA) is 26.3 Å². The molecule has 0 aromatic rings. The van der Waals surface area contributed by atoms with Gasteiger partial charge in [-0.1, -0.05) is 65.9 Å². The fourth-order valence-electron chi connectivity index (χ4n) is 3.66. The van der Waals surface area contributed by atoms with Crippen LogP contribution in [0.5, 0.6) is 0 Å². The molecule has 0 aromatic heterocycles. The Hall–Kier alpha value is 0.130. The van der Waals surface area contributed by atoms with Crippen molar-refractivity contribution in [1.82, 2.24) is 0 Å². The van der Waals surface area contributed by atoms with Gasteiger partial charge in [-0.3, -0.25) is 4.79 Å². The van der Waals surface area contributed by atoms with Gasteiger partial charge in [-0.05, 0) is 109 Å². The maximum atomic E-state index is 12.3. The predicted molar refractivity (Wildman–Crippen MR) is 166 cm³/mol. The van der Waals surface area contributed by atoms with Crippen LogP contribution in [0, 0.1) is 11.8 Å². The van der Waals surface area contributed by atoms with Gasteiger partial charge in [0, 0.05) is 11.8 Å². The van der Waals surface area contributed by atoms with Gasteiger partial charge in [0.25, 0.3) is 0 Å². The molecule has 0 heterocycles. The van der Waals surface area contributed by atoms with Crippen LogP contribution in [0.1, 0.15) is 119 Å². The first kappa shape index (κ1) is 35.1. The molecule has 0 aromatic carbocycles. The Kier molecular flexibility index (Phi) is 24.6. The van der Waals surface area contributed by atoms with Gasteiger partial charge in [-0.15, -0.1) is 23.5 Å². The summed E-state index contributed by atoms with van der Waals surface area (Å²) in [6, 6.07) is 0. The van der Waals surface area contributed by atoms with E-state index in [4.69, 9.17) is 4.74 Å². The van der Waals surface area contributed by atoms with Crippen molar-refractivity contribution in [2.75, 3.05) is 23.4 Å². The average Bonchev–Trinajstić information content (AvgIpc) is 2.78. The molecule has 5 heteroatoms. The van der Waals surface area contributed by atoms with Gasteiger partial charge in [0.05, 0.1) is 11.2 Å². The molecule has 2 nitrogen and oxygen atoms in total. The van der Waals surface area contributed by atoms with Crippen molar-refractivity contribution in [2.45, 2.75) is 123 Å². The van der Waals surface area contributed by atoms with E-state index in [1.165, 1.54) is 74.0 Å². The van der Waals surface area contributed by atoms with Gasteiger partial charge in [0.15, 0.2) is 0 Å². The van der Waals surface area contributed by atoms with Crippen molar-refractivity contribution in [3.8, 4) is 0 Å². The summed E-state index contributed by atoms with van der Waals surface area (Å²) in [4.78, 5) is 12.3. The summed E-state index contributed by atoms with van der Waals surface area (Å²) in [5.41, 5.74) is 2.84. The van der Waals surface area contributed by atoms with Crippen molar-refractivity contribution in [3.63, 3.8) is 0 Å². The quantitative estimate of drug-likeness (QED) is 0.0388. The average molecular weight is 592 g/mol. The van der Waals surface area contributed by atoms with E-state index in [1.807, 2.05) is 0 Å². The number of carbonyl (C=O) groups is 1. The Morgan fingerprint density at radius 2 is 1.29 bits per heavy atom. The van der Waals surface area contributed by atoms with Crippen molar-refractivity contribution in [1.29, 1.82) is 0 Å². The van der Waals surface area contributed by atoms with Crippen LogP contribution in [-0.4, -0.2) is 34.0 Å². The number of hydrogen-bond acceptors (Lipinski definition) is 4. The van der Waals surface area contributed by atoms with Crippen LogP contribution in [0.15, 0.2) is 23.3 Å². The molecule has 0 aliphatic rings. The highest BCUT2D eigenvalue weighted by atomic mass is 79.9. The van der Waals surface area contributed by atoms with Crippen molar-refractivity contribution >= 4 is 45.4 Å². The highest BCUT2D eigenvalue weighted by Gasteiger charge is 2.15. The van der Waals surface area contributed by atoms with Gasteiger partial charge >= 0.3 is 5.97 Å². The van der Waals surface area contributed by atoms with E-state index in [9.17, 15) is 4.79 Å². The number of unbranched alkanes of at least 4 members (excludes halogenated alkanes) is 3. The smallest absolute Gasteiger partial charge is 0.305 e.